The number of alkyl halides is 1. The molecule has 2 atom stereocenters. The van der Waals surface area contributed by atoms with E-state index in [0.29, 0.717) is 29.5 Å². The van der Waals surface area contributed by atoms with Crippen LogP contribution in [0.25, 0.3) is 0 Å². The minimum absolute atomic E-state index is 0.0756. The molecule has 0 aromatic carbocycles. The Morgan fingerprint density at radius 3 is 2.35 bits per heavy atom. The van der Waals surface area contributed by atoms with Gasteiger partial charge in [0.05, 0.1) is 5.54 Å². The van der Waals surface area contributed by atoms with Crippen LogP contribution < -0.4 is 5.32 Å². The molecule has 3 rings (SSSR count). The van der Waals surface area contributed by atoms with Crippen molar-refractivity contribution in [3.8, 4) is 0 Å². The molecule has 3 fully saturated rings. The molecule has 3 aliphatic carbocycles. The van der Waals surface area contributed by atoms with Crippen molar-refractivity contribution < 1.29 is 4.79 Å². The summed E-state index contributed by atoms with van der Waals surface area (Å²) in [6, 6.07) is 0. The Kier molecular flexibility index (Phi) is 3.10. The van der Waals surface area contributed by atoms with Crippen molar-refractivity contribution in [2.75, 3.05) is 5.88 Å². The van der Waals surface area contributed by atoms with Crippen molar-refractivity contribution in [3.05, 3.63) is 0 Å². The average Bonchev–Trinajstić information content (AvgIpc) is 2.85. The SMILES string of the molecule is O=C(NC1(CCl)CCCCC1)C1C2CCCC21. The van der Waals surface area contributed by atoms with Crippen LogP contribution in [0.1, 0.15) is 51.4 Å². The first-order valence-corrected chi connectivity index (χ1v) is 7.67. The average molecular weight is 256 g/mol. The first kappa shape index (κ1) is 11.8. The fourth-order valence-electron chi connectivity index (χ4n) is 4.08. The molecule has 0 aromatic heterocycles. The third-order valence-corrected chi connectivity index (χ3v) is 5.68. The van der Waals surface area contributed by atoms with E-state index in [0.717, 1.165) is 12.8 Å². The molecule has 17 heavy (non-hydrogen) atoms. The highest BCUT2D eigenvalue weighted by Gasteiger charge is 2.57. The van der Waals surface area contributed by atoms with Crippen molar-refractivity contribution in [1.82, 2.24) is 5.32 Å². The summed E-state index contributed by atoms with van der Waals surface area (Å²) in [7, 11) is 0. The summed E-state index contributed by atoms with van der Waals surface area (Å²) in [5.41, 5.74) is -0.0756. The van der Waals surface area contributed by atoms with Gasteiger partial charge in [-0.1, -0.05) is 25.7 Å². The molecule has 3 saturated carbocycles. The van der Waals surface area contributed by atoms with Gasteiger partial charge in [0.1, 0.15) is 0 Å². The highest BCUT2D eigenvalue weighted by atomic mass is 35.5. The molecule has 2 nitrogen and oxygen atoms in total. The first-order chi connectivity index (χ1) is 8.26. The van der Waals surface area contributed by atoms with Crippen LogP contribution in [-0.4, -0.2) is 17.3 Å². The molecule has 96 valence electrons. The number of fused-ring (bicyclic) bond motifs is 1. The predicted octanol–water partition coefficient (Wildman–Crippen LogP) is 3.09. The molecule has 2 unspecified atom stereocenters. The van der Waals surface area contributed by atoms with Crippen LogP contribution >= 0.6 is 11.6 Å². The zero-order valence-corrected chi connectivity index (χ0v) is 11.1. The van der Waals surface area contributed by atoms with Crippen LogP contribution in [0.5, 0.6) is 0 Å². The number of hydrogen-bond donors (Lipinski definition) is 1. The van der Waals surface area contributed by atoms with Gasteiger partial charge in [-0.05, 0) is 37.5 Å². The van der Waals surface area contributed by atoms with E-state index in [1.807, 2.05) is 0 Å². The van der Waals surface area contributed by atoms with E-state index in [-0.39, 0.29) is 5.54 Å². The zero-order chi connectivity index (χ0) is 11.9. The van der Waals surface area contributed by atoms with Gasteiger partial charge in [-0.15, -0.1) is 11.6 Å². The summed E-state index contributed by atoms with van der Waals surface area (Å²) in [6.45, 7) is 0. The van der Waals surface area contributed by atoms with E-state index in [1.54, 1.807) is 0 Å². The van der Waals surface area contributed by atoms with Gasteiger partial charge >= 0.3 is 0 Å². The fourth-order valence-corrected chi connectivity index (χ4v) is 4.41. The van der Waals surface area contributed by atoms with E-state index in [1.165, 1.54) is 38.5 Å². The maximum Gasteiger partial charge on any atom is 0.224 e. The number of amides is 1. The second kappa shape index (κ2) is 4.46. The van der Waals surface area contributed by atoms with Gasteiger partial charge in [-0.2, -0.15) is 0 Å². The van der Waals surface area contributed by atoms with Gasteiger partial charge in [0.2, 0.25) is 5.91 Å². The van der Waals surface area contributed by atoms with Gasteiger partial charge in [0.25, 0.3) is 0 Å². The van der Waals surface area contributed by atoms with E-state index >= 15 is 0 Å². The summed E-state index contributed by atoms with van der Waals surface area (Å²) >= 11 is 6.11. The lowest BCUT2D eigenvalue weighted by Crippen LogP contribution is -2.52. The van der Waals surface area contributed by atoms with Gasteiger partial charge in [0, 0.05) is 11.8 Å². The molecule has 0 aliphatic heterocycles. The summed E-state index contributed by atoms with van der Waals surface area (Å²) < 4.78 is 0. The van der Waals surface area contributed by atoms with Crippen molar-refractivity contribution in [1.29, 1.82) is 0 Å². The Morgan fingerprint density at radius 1 is 1.12 bits per heavy atom. The molecule has 3 heteroatoms. The van der Waals surface area contributed by atoms with E-state index in [4.69, 9.17) is 11.6 Å². The lowest BCUT2D eigenvalue weighted by Gasteiger charge is -2.36. The minimum atomic E-state index is -0.0756. The van der Waals surface area contributed by atoms with Crippen molar-refractivity contribution in [3.63, 3.8) is 0 Å². The van der Waals surface area contributed by atoms with Crippen LogP contribution in [-0.2, 0) is 4.79 Å². The standard InChI is InChI=1S/C14H22ClNO/c15-9-14(7-2-1-3-8-14)16-13(17)12-10-5-4-6-11(10)12/h10-12H,1-9H2,(H,16,17). The Labute approximate surface area is 108 Å². The highest BCUT2D eigenvalue weighted by molar-refractivity contribution is 6.18. The van der Waals surface area contributed by atoms with E-state index in [2.05, 4.69) is 5.32 Å². The number of carbonyl (C=O) groups is 1. The molecule has 0 heterocycles. The molecule has 0 saturated heterocycles. The van der Waals surface area contributed by atoms with Crippen molar-refractivity contribution >= 4 is 17.5 Å². The van der Waals surface area contributed by atoms with E-state index < -0.39 is 0 Å². The van der Waals surface area contributed by atoms with Gasteiger partial charge in [-0.25, -0.2) is 0 Å². The number of hydrogen-bond acceptors (Lipinski definition) is 1. The third kappa shape index (κ3) is 2.09. The number of halogens is 1. The monoisotopic (exact) mass is 255 g/mol. The molecule has 0 aromatic rings. The van der Waals surface area contributed by atoms with Crippen molar-refractivity contribution in [2.24, 2.45) is 17.8 Å². The number of carbonyl (C=O) groups excluding carboxylic acids is 1. The summed E-state index contributed by atoms with van der Waals surface area (Å²) in [6.07, 6.45) is 9.75. The summed E-state index contributed by atoms with van der Waals surface area (Å²) in [5, 5.41) is 3.30. The van der Waals surface area contributed by atoms with Crippen molar-refractivity contribution in [2.45, 2.75) is 56.9 Å². The second-order valence-corrected chi connectivity index (χ2v) is 6.52. The number of rotatable bonds is 3. The molecule has 0 bridgehead atoms. The topological polar surface area (TPSA) is 29.1 Å². The molecule has 1 amide bonds. The van der Waals surface area contributed by atoms with Crippen LogP contribution in [0.2, 0.25) is 0 Å². The summed E-state index contributed by atoms with van der Waals surface area (Å²) in [5.74, 6) is 2.66. The summed E-state index contributed by atoms with van der Waals surface area (Å²) in [4.78, 5) is 12.3. The smallest absolute Gasteiger partial charge is 0.224 e. The Balaban J connectivity index is 1.59. The Bertz CT molecular complexity index is 301. The molecular formula is C14H22ClNO. The minimum Gasteiger partial charge on any atom is -0.349 e. The second-order valence-electron chi connectivity index (χ2n) is 6.25. The maximum absolute atomic E-state index is 12.3. The largest absolute Gasteiger partial charge is 0.349 e. The Hall–Kier alpha value is -0.240. The van der Waals surface area contributed by atoms with Gasteiger partial charge < -0.3 is 5.32 Å². The highest BCUT2D eigenvalue weighted by Crippen LogP contribution is 2.57. The molecule has 0 spiro atoms. The molecule has 0 radical (unpaired) electrons. The lowest BCUT2D eigenvalue weighted by atomic mass is 9.83. The van der Waals surface area contributed by atoms with Crippen LogP contribution in [0, 0.1) is 17.8 Å². The van der Waals surface area contributed by atoms with E-state index in [9.17, 15) is 4.79 Å². The quantitative estimate of drug-likeness (QED) is 0.772. The third-order valence-electron chi connectivity index (χ3n) is 5.16. The van der Waals surface area contributed by atoms with Gasteiger partial charge in [-0.3, -0.25) is 4.79 Å². The van der Waals surface area contributed by atoms with Gasteiger partial charge in [0.15, 0.2) is 0 Å². The molecule has 1 N–H and O–H groups in total. The first-order valence-electron chi connectivity index (χ1n) is 7.14. The Morgan fingerprint density at radius 2 is 1.76 bits per heavy atom. The normalized spacial score (nSPS) is 38.5. The maximum atomic E-state index is 12.3. The van der Waals surface area contributed by atoms with Crippen LogP contribution in [0.4, 0.5) is 0 Å². The van der Waals surface area contributed by atoms with Crippen LogP contribution in [0.15, 0.2) is 0 Å². The molecule has 3 aliphatic rings. The van der Waals surface area contributed by atoms with Crippen LogP contribution in [0.3, 0.4) is 0 Å². The lowest BCUT2D eigenvalue weighted by molar-refractivity contribution is -0.125. The molecular weight excluding hydrogens is 234 g/mol. The number of nitrogens with one attached hydrogen (secondary N) is 1. The zero-order valence-electron chi connectivity index (χ0n) is 10.4. The fraction of sp³-hybridized carbons (Fsp3) is 0.929. The predicted molar refractivity (Wildman–Crippen MR) is 69.0 cm³/mol.